The first-order valence-electron chi connectivity index (χ1n) is 7.30. The first kappa shape index (κ1) is 20.7. The summed E-state index contributed by atoms with van der Waals surface area (Å²) in [7, 11) is -3.15. The number of sulfone groups is 1. The zero-order valence-electron chi connectivity index (χ0n) is 14.2. The van der Waals surface area contributed by atoms with E-state index >= 15 is 0 Å². The van der Waals surface area contributed by atoms with Crippen LogP contribution in [0.25, 0.3) is 0 Å². The first-order chi connectivity index (χ1) is 9.85. The fourth-order valence-corrected chi connectivity index (χ4v) is 2.08. The lowest BCUT2D eigenvalue weighted by Crippen LogP contribution is -2.51. The van der Waals surface area contributed by atoms with Crippen molar-refractivity contribution < 1.29 is 22.7 Å². The largest absolute Gasteiger partial charge is 0.444 e. The molecule has 0 rings (SSSR count). The van der Waals surface area contributed by atoms with Crippen molar-refractivity contribution in [2.24, 2.45) is 5.92 Å². The Hall–Kier alpha value is -1.31. The number of rotatable bonds is 7. The molecule has 2 atom stereocenters. The zero-order chi connectivity index (χ0) is 17.6. The molecule has 0 aromatic carbocycles. The average Bonchev–Trinajstić information content (AvgIpc) is 2.31. The van der Waals surface area contributed by atoms with Crippen LogP contribution >= 0.6 is 0 Å². The van der Waals surface area contributed by atoms with Gasteiger partial charge in [-0.3, -0.25) is 4.79 Å². The maximum atomic E-state index is 12.2. The number of amides is 2. The summed E-state index contributed by atoms with van der Waals surface area (Å²) in [6, 6.07) is -0.764. The summed E-state index contributed by atoms with van der Waals surface area (Å²) < 4.78 is 27.3. The second-order valence-electron chi connectivity index (χ2n) is 6.43. The average molecular weight is 336 g/mol. The molecule has 0 saturated carbocycles. The van der Waals surface area contributed by atoms with Gasteiger partial charge < -0.3 is 15.4 Å². The molecule has 130 valence electrons. The van der Waals surface area contributed by atoms with Crippen LogP contribution in [0, 0.1) is 5.92 Å². The summed E-state index contributed by atoms with van der Waals surface area (Å²) in [6.07, 6.45) is 1.11. The highest BCUT2D eigenvalue weighted by atomic mass is 32.2. The van der Waals surface area contributed by atoms with Crippen molar-refractivity contribution in [2.45, 2.75) is 52.7 Å². The van der Waals surface area contributed by atoms with Crippen molar-refractivity contribution in [3.05, 3.63) is 0 Å². The summed E-state index contributed by atoms with van der Waals surface area (Å²) in [5, 5.41) is 5.08. The van der Waals surface area contributed by atoms with Crippen molar-refractivity contribution >= 4 is 21.8 Å². The molecule has 2 unspecified atom stereocenters. The molecular formula is C14H28N2O5S. The smallest absolute Gasteiger partial charge is 0.408 e. The van der Waals surface area contributed by atoms with Gasteiger partial charge in [0.05, 0.1) is 5.75 Å². The zero-order valence-corrected chi connectivity index (χ0v) is 15.0. The van der Waals surface area contributed by atoms with E-state index in [0.29, 0.717) is 6.42 Å². The summed E-state index contributed by atoms with van der Waals surface area (Å²) in [4.78, 5) is 24.0. The van der Waals surface area contributed by atoms with E-state index in [1.54, 1.807) is 20.8 Å². The Morgan fingerprint density at radius 2 is 1.77 bits per heavy atom. The van der Waals surface area contributed by atoms with Crippen LogP contribution in [0.4, 0.5) is 4.79 Å². The van der Waals surface area contributed by atoms with Gasteiger partial charge in [0.1, 0.15) is 21.5 Å². The predicted octanol–water partition coefficient (Wildman–Crippen LogP) is 1.09. The van der Waals surface area contributed by atoms with Gasteiger partial charge in [-0.2, -0.15) is 0 Å². The molecule has 0 aromatic heterocycles. The minimum absolute atomic E-state index is 0.0145. The van der Waals surface area contributed by atoms with E-state index in [1.807, 2.05) is 13.8 Å². The van der Waals surface area contributed by atoms with E-state index in [-0.39, 0.29) is 18.2 Å². The number of alkyl carbamates (subject to hydrolysis) is 1. The van der Waals surface area contributed by atoms with Crippen LogP contribution in [0.2, 0.25) is 0 Å². The van der Waals surface area contributed by atoms with Gasteiger partial charge in [-0.25, -0.2) is 13.2 Å². The lowest BCUT2D eigenvalue weighted by molar-refractivity contribution is -0.124. The number of nitrogens with one attached hydrogen (secondary N) is 2. The Balaban J connectivity index is 4.70. The number of hydrogen-bond donors (Lipinski definition) is 2. The molecule has 0 saturated heterocycles. The number of ether oxygens (including phenoxy) is 1. The molecule has 8 heteroatoms. The maximum absolute atomic E-state index is 12.2. The summed E-state index contributed by atoms with van der Waals surface area (Å²) in [5.41, 5.74) is -0.656. The predicted molar refractivity (Wildman–Crippen MR) is 85.3 cm³/mol. The normalized spacial score (nSPS) is 14.8. The molecular weight excluding hydrogens is 308 g/mol. The lowest BCUT2D eigenvalue weighted by Gasteiger charge is -2.26. The molecule has 0 bridgehead atoms. The van der Waals surface area contributed by atoms with E-state index < -0.39 is 33.5 Å². The maximum Gasteiger partial charge on any atom is 0.408 e. The minimum Gasteiger partial charge on any atom is -0.444 e. The quantitative estimate of drug-likeness (QED) is 0.724. The van der Waals surface area contributed by atoms with E-state index in [1.165, 1.54) is 0 Å². The Kier molecular flexibility index (Phi) is 7.86. The van der Waals surface area contributed by atoms with Gasteiger partial charge in [0, 0.05) is 12.8 Å². The second-order valence-corrected chi connectivity index (χ2v) is 8.69. The Labute approximate surface area is 133 Å². The first-order valence-corrected chi connectivity index (χ1v) is 9.36. The molecule has 7 nitrogen and oxygen atoms in total. The third-order valence-electron chi connectivity index (χ3n) is 2.94. The molecule has 22 heavy (non-hydrogen) atoms. The number of carbonyl (C=O) groups is 2. The third kappa shape index (κ3) is 9.59. The van der Waals surface area contributed by atoms with E-state index in [9.17, 15) is 18.0 Å². The number of hydrogen-bond acceptors (Lipinski definition) is 5. The van der Waals surface area contributed by atoms with Crippen LogP contribution in [-0.4, -0.2) is 50.6 Å². The van der Waals surface area contributed by atoms with Crippen LogP contribution in [0.1, 0.15) is 41.0 Å². The van der Waals surface area contributed by atoms with Crippen LogP contribution in [0.3, 0.4) is 0 Å². The standard InChI is InChI=1S/C14H28N2O5S/c1-7-10(2)11(16-13(18)21-14(3,4)5)12(17)15-8-9-22(6,19)20/h10-11H,7-9H2,1-6H3,(H,15,17)(H,16,18). The lowest BCUT2D eigenvalue weighted by atomic mass is 9.98. The molecule has 0 aliphatic rings. The topological polar surface area (TPSA) is 102 Å². The van der Waals surface area contributed by atoms with Gasteiger partial charge in [-0.15, -0.1) is 0 Å². The van der Waals surface area contributed by atoms with Gasteiger partial charge in [0.15, 0.2) is 0 Å². The van der Waals surface area contributed by atoms with Crippen LogP contribution in [0.5, 0.6) is 0 Å². The fourth-order valence-electron chi connectivity index (χ4n) is 1.61. The van der Waals surface area contributed by atoms with Crippen LogP contribution in [-0.2, 0) is 19.4 Å². The Bertz CT molecular complexity index is 482. The van der Waals surface area contributed by atoms with Gasteiger partial charge in [-0.1, -0.05) is 20.3 Å². The van der Waals surface area contributed by atoms with E-state index in [2.05, 4.69) is 10.6 Å². The van der Waals surface area contributed by atoms with Crippen LogP contribution < -0.4 is 10.6 Å². The molecule has 2 amide bonds. The van der Waals surface area contributed by atoms with E-state index in [4.69, 9.17) is 4.74 Å². The molecule has 0 spiro atoms. The Morgan fingerprint density at radius 3 is 2.18 bits per heavy atom. The van der Waals surface area contributed by atoms with Crippen molar-refractivity contribution in [3.63, 3.8) is 0 Å². The fraction of sp³-hybridized carbons (Fsp3) is 0.857. The molecule has 2 N–H and O–H groups in total. The highest BCUT2D eigenvalue weighted by Gasteiger charge is 2.28. The Morgan fingerprint density at radius 1 is 1.23 bits per heavy atom. The van der Waals surface area contributed by atoms with Crippen LogP contribution in [0.15, 0.2) is 0 Å². The van der Waals surface area contributed by atoms with Gasteiger partial charge in [0.2, 0.25) is 5.91 Å². The third-order valence-corrected chi connectivity index (χ3v) is 3.89. The molecule has 0 radical (unpaired) electrons. The molecule has 0 aliphatic heterocycles. The van der Waals surface area contributed by atoms with Gasteiger partial charge in [0.25, 0.3) is 0 Å². The summed E-state index contributed by atoms with van der Waals surface area (Å²) in [6.45, 7) is 8.95. The van der Waals surface area contributed by atoms with Gasteiger partial charge >= 0.3 is 6.09 Å². The highest BCUT2D eigenvalue weighted by Crippen LogP contribution is 2.11. The van der Waals surface area contributed by atoms with Crippen molar-refractivity contribution in [1.82, 2.24) is 10.6 Å². The van der Waals surface area contributed by atoms with Gasteiger partial charge in [-0.05, 0) is 26.7 Å². The summed E-state index contributed by atoms with van der Waals surface area (Å²) in [5.74, 6) is -0.659. The van der Waals surface area contributed by atoms with E-state index in [0.717, 1.165) is 6.26 Å². The monoisotopic (exact) mass is 336 g/mol. The summed E-state index contributed by atoms with van der Waals surface area (Å²) >= 11 is 0. The van der Waals surface area contributed by atoms with Crippen molar-refractivity contribution in [2.75, 3.05) is 18.6 Å². The second kappa shape index (κ2) is 8.36. The molecule has 0 fully saturated rings. The van der Waals surface area contributed by atoms with Crippen molar-refractivity contribution in [3.8, 4) is 0 Å². The minimum atomic E-state index is -3.15. The molecule has 0 aliphatic carbocycles. The molecule has 0 heterocycles. The number of carbonyl (C=O) groups excluding carboxylic acids is 2. The molecule has 0 aromatic rings. The highest BCUT2D eigenvalue weighted by molar-refractivity contribution is 7.90. The van der Waals surface area contributed by atoms with Crippen molar-refractivity contribution in [1.29, 1.82) is 0 Å². The SMILES string of the molecule is CCC(C)C(NC(=O)OC(C)(C)C)C(=O)NCCS(C)(=O)=O.